The first-order valence-corrected chi connectivity index (χ1v) is 7.91. The Labute approximate surface area is 132 Å². The first-order chi connectivity index (χ1) is 10.5. The molecule has 5 heteroatoms. The number of guanidine groups is 1. The van der Waals surface area contributed by atoms with E-state index < -0.39 is 0 Å². The fraction of sp³-hybridized carbons (Fsp3) is 0.529. The Hall–Kier alpha value is -2.04. The molecule has 0 aromatic heterocycles. The lowest BCUT2D eigenvalue weighted by Gasteiger charge is -2.14. The van der Waals surface area contributed by atoms with Crippen LogP contribution in [0.25, 0.3) is 0 Å². The highest BCUT2D eigenvalue weighted by atomic mass is 16.2. The lowest BCUT2D eigenvalue weighted by Crippen LogP contribution is -2.27. The molecule has 1 saturated heterocycles. The number of amides is 1. The van der Waals surface area contributed by atoms with Crippen molar-refractivity contribution < 1.29 is 4.79 Å². The number of benzene rings is 1. The number of likely N-dealkylation sites (tertiary alicyclic amines) is 1. The van der Waals surface area contributed by atoms with E-state index in [-0.39, 0.29) is 11.8 Å². The van der Waals surface area contributed by atoms with Crippen LogP contribution in [0.15, 0.2) is 23.2 Å². The molecule has 22 heavy (non-hydrogen) atoms. The third kappa shape index (κ3) is 4.48. The van der Waals surface area contributed by atoms with Crippen LogP contribution in [-0.2, 0) is 4.79 Å². The summed E-state index contributed by atoms with van der Waals surface area (Å²) < 4.78 is 0. The molecule has 0 saturated carbocycles. The van der Waals surface area contributed by atoms with E-state index in [0.717, 1.165) is 25.2 Å². The minimum Gasteiger partial charge on any atom is -0.370 e. The summed E-state index contributed by atoms with van der Waals surface area (Å²) in [7, 11) is 0. The zero-order valence-corrected chi connectivity index (χ0v) is 13.7. The molecule has 1 amide bonds. The van der Waals surface area contributed by atoms with Crippen molar-refractivity contribution >= 4 is 17.6 Å². The lowest BCUT2D eigenvalue weighted by molar-refractivity contribution is -0.127. The van der Waals surface area contributed by atoms with Gasteiger partial charge in [0, 0.05) is 37.7 Å². The molecule has 0 bridgehead atoms. The van der Waals surface area contributed by atoms with Crippen molar-refractivity contribution in [2.75, 3.05) is 25.0 Å². The van der Waals surface area contributed by atoms with E-state index in [2.05, 4.69) is 37.1 Å². The van der Waals surface area contributed by atoms with Crippen molar-refractivity contribution in [3.05, 3.63) is 29.3 Å². The molecule has 3 N–H and O–H groups in total. The summed E-state index contributed by atoms with van der Waals surface area (Å²) >= 11 is 0. The molecule has 1 atom stereocenters. The average molecular weight is 302 g/mol. The second kappa shape index (κ2) is 7.29. The van der Waals surface area contributed by atoms with Crippen LogP contribution in [0.1, 0.15) is 30.9 Å². The van der Waals surface area contributed by atoms with E-state index in [9.17, 15) is 4.79 Å². The number of rotatable bonds is 5. The number of hydrogen-bond donors (Lipinski definition) is 2. The molecule has 0 aliphatic carbocycles. The van der Waals surface area contributed by atoms with Crippen LogP contribution in [0.3, 0.4) is 0 Å². The summed E-state index contributed by atoms with van der Waals surface area (Å²) in [5.41, 5.74) is 9.28. The van der Waals surface area contributed by atoms with Gasteiger partial charge in [0.25, 0.3) is 0 Å². The van der Waals surface area contributed by atoms with Crippen LogP contribution >= 0.6 is 0 Å². The van der Waals surface area contributed by atoms with E-state index in [0.29, 0.717) is 18.9 Å². The first kappa shape index (κ1) is 16.3. The van der Waals surface area contributed by atoms with Crippen molar-refractivity contribution in [3.63, 3.8) is 0 Å². The number of nitrogens with two attached hydrogens (primary N) is 1. The van der Waals surface area contributed by atoms with E-state index in [1.807, 2.05) is 17.0 Å². The summed E-state index contributed by atoms with van der Waals surface area (Å²) in [6.45, 7) is 8.43. The van der Waals surface area contributed by atoms with Crippen molar-refractivity contribution in [3.8, 4) is 0 Å². The van der Waals surface area contributed by atoms with Gasteiger partial charge in [0.15, 0.2) is 5.96 Å². The average Bonchev–Trinajstić information content (AvgIpc) is 2.76. The Kier molecular flexibility index (Phi) is 5.41. The Morgan fingerprint density at radius 3 is 2.68 bits per heavy atom. The Morgan fingerprint density at radius 2 is 2.05 bits per heavy atom. The summed E-state index contributed by atoms with van der Waals surface area (Å²) in [4.78, 5) is 18.1. The van der Waals surface area contributed by atoms with Crippen molar-refractivity contribution in [2.24, 2.45) is 16.6 Å². The number of aryl methyl sites for hydroxylation is 2. The van der Waals surface area contributed by atoms with Gasteiger partial charge < -0.3 is 16.0 Å². The molecule has 120 valence electrons. The quantitative estimate of drug-likeness (QED) is 0.647. The van der Waals surface area contributed by atoms with Crippen LogP contribution in [0, 0.1) is 19.8 Å². The lowest BCUT2D eigenvalue weighted by atomic mass is 10.1. The maximum atomic E-state index is 11.8. The minimum atomic E-state index is 0.239. The molecule has 5 nitrogen and oxygen atoms in total. The van der Waals surface area contributed by atoms with Gasteiger partial charge in [0.1, 0.15) is 0 Å². The van der Waals surface area contributed by atoms with Crippen molar-refractivity contribution in [2.45, 2.75) is 33.6 Å². The van der Waals surface area contributed by atoms with Gasteiger partial charge in [-0.2, -0.15) is 0 Å². The highest BCUT2D eigenvalue weighted by Crippen LogP contribution is 2.18. The standard InChI is InChI=1S/C17H26N4O/c1-4-5-21-11-14(9-16(21)22)10-19-17(18)20-15-7-12(2)6-13(3)8-15/h6-8,14H,4-5,9-11H2,1-3H3,(H3,18,19,20). The highest BCUT2D eigenvalue weighted by Gasteiger charge is 2.28. The molecule has 1 aliphatic rings. The van der Waals surface area contributed by atoms with Gasteiger partial charge in [-0.3, -0.25) is 9.79 Å². The molecule has 1 fully saturated rings. The molecule has 1 unspecified atom stereocenters. The number of carbonyl (C=O) groups excluding carboxylic acids is 1. The molecule has 1 heterocycles. The zero-order chi connectivity index (χ0) is 16.1. The number of carbonyl (C=O) groups is 1. The molecule has 2 rings (SSSR count). The predicted octanol–water partition coefficient (Wildman–Crippen LogP) is 2.29. The van der Waals surface area contributed by atoms with Gasteiger partial charge in [-0.25, -0.2) is 0 Å². The number of hydrogen-bond acceptors (Lipinski definition) is 2. The summed E-state index contributed by atoms with van der Waals surface area (Å²) in [6, 6.07) is 6.19. The molecule has 1 aliphatic heterocycles. The Balaban J connectivity index is 1.89. The van der Waals surface area contributed by atoms with E-state index in [1.165, 1.54) is 11.1 Å². The Bertz CT molecular complexity index is 548. The first-order valence-electron chi connectivity index (χ1n) is 7.91. The summed E-state index contributed by atoms with van der Waals surface area (Å²) in [5, 5.41) is 3.12. The number of nitrogens with one attached hydrogen (secondary N) is 1. The topological polar surface area (TPSA) is 70.7 Å². The van der Waals surface area contributed by atoms with Crippen LogP contribution in [-0.4, -0.2) is 36.4 Å². The fourth-order valence-corrected chi connectivity index (χ4v) is 2.92. The largest absolute Gasteiger partial charge is 0.370 e. The highest BCUT2D eigenvalue weighted by molar-refractivity contribution is 5.92. The van der Waals surface area contributed by atoms with Crippen molar-refractivity contribution in [1.82, 2.24) is 4.90 Å². The van der Waals surface area contributed by atoms with Gasteiger partial charge in [0.05, 0.1) is 0 Å². The number of aliphatic imine (C=N–C) groups is 1. The zero-order valence-electron chi connectivity index (χ0n) is 13.7. The van der Waals surface area contributed by atoms with Crippen LogP contribution in [0.4, 0.5) is 5.69 Å². The minimum absolute atomic E-state index is 0.239. The van der Waals surface area contributed by atoms with Gasteiger partial charge in [-0.05, 0) is 43.5 Å². The molecule has 0 spiro atoms. The third-order valence-electron chi connectivity index (χ3n) is 3.80. The van der Waals surface area contributed by atoms with Crippen LogP contribution in [0.5, 0.6) is 0 Å². The Morgan fingerprint density at radius 1 is 1.36 bits per heavy atom. The second-order valence-electron chi connectivity index (χ2n) is 6.14. The SMILES string of the molecule is CCCN1CC(CN=C(N)Nc2cc(C)cc(C)c2)CC1=O. The van der Waals surface area contributed by atoms with Crippen molar-refractivity contribution in [1.29, 1.82) is 0 Å². The smallest absolute Gasteiger partial charge is 0.222 e. The van der Waals surface area contributed by atoms with E-state index >= 15 is 0 Å². The molecule has 0 radical (unpaired) electrons. The third-order valence-corrected chi connectivity index (χ3v) is 3.80. The maximum absolute atomic E-state index is 11.8. The monoisotopic (exact) mass is 302 g/mol. The number of nitrogens with zero attached hydrogens (tertiary/aromatic N) is 2. The normalized spacial score (nSPS) is 18.9. The molecule has 1 aromatic carbocycles. The van der Waals surface area contributed by atoms with Gasteiger partial charge in [0.2, 0.25) is 5.91 Å². The number of anilines is 1. The second-order valence-corrected chi connectivity index (χ2v) is 6.14. The molecule has 1 aromatic rings. The van der Waals surface area contributed by atoms with Gasteiger partial charge >= 0.3 is 0 Å². The van der Waals surface area contributed by atoms with E-state index in [4.69, 9.17) is 5.73 Å². The summed E-state index contributed by atoms with van der Waals surface area (Å²) in [6.07, 6.45) is 1.58. The van der Waals surface area contributed by atoms with Crippen LogP contribution in [0.2, 0.25) is 0 Å². The molecular formula is C17H26N4O. The van der Waals surface area contributed by atoms with Gasteiger partial charge in [-0.1, -0.05) is 13.0 Å². The predicted molar refractivity (Wildman–Crippen MR) is 91.0 cm³/mol. The maximum Gasteiger partial charge on any atom is 0.222 e. The summed E-state index contributed by atoms with van der Waals surface area (Å²) in [5.74, 6) is 0.924. The van der Waals surface area contributed by atoms with Gasteiger partial charge in [-0.15, -0.1) is 0 Å². The van der Waals surface area contributed by atoms with E-state index in [1.54, 1.807) is 0 Å². The molecular weight excluding hydrogens is 276 g/mol. The van der Waals surface area contributed by atoms with Crippen LogP contribution < -0.4 is 11.1 Å². The fourth-order valence-electron chi connectivity index (χ4n) is 2.92.